The fraction of sp³-hybridized carbons (Fsp3) is 0.400. The summed E-state index contributed by atoms with van der Waals surface area (Å²) in [6.07, 6.45) is 0.528. The van der Waals surface area contributed by atoms with E-state index in [9.17, 15) is 5.11 Å². The summed E-state index contributed by atoms with van der Waals surface area (Å²) in [5.41, 5.74) is 1.75. The molecule has 1 atom stereocenters. The first kappa shape index (κ1) is 19.3. The molecule has 0 aliphatic carbocycles. The molecule has 0 fully saturated rings. The van der Waals surface area contributed by atoms with Crippen LogP contribution in [0, 0.1) is 0 Å². The van der Waals surface area contributed by atoms with Gasteiger partial charge in [-0.05, 0) is 42.2 Å². The average molecular weight is 376 g/mol. The maximum Gasteiger partial charge on any atom is 0.231 e. The van der Waals surface area contributed by atoms with E-state index < -0.39 is 6.10 Å². The molecule has 1 heterocycles. The van der Waals surface area contributed by atoms with Crippen molar-refractivity contribution in [3.63, 3.8) is 0 Å². The highest BCUT2D eigenvalue weighted by Gasteiger charge is 2.17. The quantitative estimate of drug-likeness (QED) is 0.639. The van der Waals surface area contributed by atoms with Crippen LogP contribution in [-0.4, -0.2) is 39.7 Å². The number of ether oxygens (including phenoxy) is 6. The maximum atomic E-state index is 10.5. The molecule has 3 rings (SSSR count). The molecule has 0 radical (unpaired) electrons. The second-order valence-electron chi connectivity index (χ2n) is 6.04. The van der Waals surface area contributed by atoms with Gasteiger partial charge in [-0.3, -0.25) is 0 Å². The van der Waals surface area contributed by atoms with E-state index in [0.29, 0.717) is 35.8 Å². The lowest BCUT2D eigenvalue weighted by molar-refractivity contribution is 0.0455. The van der Waals surface area contributed by atoms with Gasteiger partial charge in [0.05, 0.1) is 6.10 Å². The first-order chi connectivity index (χ1) is 13.2. The van der Waals surface area contributed by atoms with Gasteiger partial charge in [-0.1, -0.05) is 12.1 Å². The van der Waals surface area contributed by atoms with Gasteiger partial charge in [-0.2, -0.15) is 0 Å². The summed E-state index contributed by atoms with van der Waals surface area (Å²) < 4.78 is 31.7. The van der Waals surface area contributed by atoms with Crippen molar-refractivity contribution in [1.29, 1.82) is 0 Å². The molecule has 0 saturated carbocycles. The van der Waals surface area contributed by atoms with E-state index >= 15 is 0 Å². The molecule has 1 unspecified atom stereocenters. The van der Waals surface area contributed by atoms with Crippen molar-refractivity contribution in [2.45, 2.75) is 18.9 Å². The van der Waals surface area contributed by atoms with Gasteiger partial charge >= 0.3 is 0 Å². The van der Waals surface area contributed by atoms with Gasteiger partial charge in [0, 0.05) is 20.3 Å². The highest BCUT2D eigenvalue weighted by Crippen LogP contribution is 2.35. The van der Waals surface area contributed by atoms with Gasteiger partial charge in [-0.15, -0.1) is 0 Å². The molecule has 146 valence electrons. The van der Waals surface area contributed by atoms with Crippen molar-refractivity contribution in [2.24, 2.45) is 0 Å². The lowest BCUT2D eigenvalue weighted by atomic mass is 10.0. The van der Waals surface area contributed by atoms with Gasteiger partial charge < -0.3 is 33.5 Å². The Morgan fingerprint density at radius 2 is 1.74 bits per heavy atom. The molecule has 2 aromatic rings. The van der Waals surface area contributed by atoms with E-state index in [1.807, 2.05) is 30.3 Å². The zero-order valence-electron chi connectivity index (χ0n) is 15.5. The SMILES string of the molecule is COCOc1ccc(CCC(O)c2ccc3c(c2)OCO3)c(OCOC)c1. The lowest BCUT2D eigenvalue weighted by Crippen LogP contribution is -2.05. The molecule has 7 heteroatoms. The summed E-state index contributed by atoms with van der Waals surface area (Å²) in [5, 5.41) is 10.5. The van der Waals surface area contributed by atoms with Crippen LogP contribution in [0.25, 0.3) is 0 Å². The normalized spacial score (nSPS) is 13.4. The molecule has 0 spiro atoms. The van der Waals surface area contributed by atoms with Gasteiger partial charge in [-0.25, -0.2) is 0 Å². The van der Waals surface area contributed by atoms with Crippen LogP contribution in [0.2, 0.25) is 0 Å². The number of fused-ring (bicyclic) bond motifs is 1. The van der Waals surface area contributed by atoms with E-state index in [4.69, 9.17) is 28.4 Å². The van der Waals surface area contributed by atoms with E-state index in [2.05, 4.69) is 0 Å². The third kappa shape index (κ3) is 5.03. The zero-order chi connectivity index (χ0) is 19.1. The summed E-state index contributed by atoms with van der Waals surface area (Å²) in [7, 11) is 3.13. The summed E-state index contributed by atoms with van der Waals surface area (Å²) in [6.45, 7) is 0.504. The van der Waals surface area contributed by atoms with E-state index in [1.54, 1.807) is 20.3 Å². The minimum Gasteiger partial charge on any atom is -0.467 e. The van der Waals surface area contributed by atoms with Gasteiger partial charge in [0.2, 0.25) is 6.79 Å². The predicted molar refractivity (Wildman–Crippen MR) is 97.3 cm³/mol. The van der Waals surface area contributed by atoms with Crippen LogP contribution in [0.1, 0.15) is 23.7 Å². The van der Waals surface area contributed by atoms with Crippen molar-refractivity contribution in [2.75, 3.05) is 34.6 Å². The number of aliphatic hydroxyl groups excluding tert-OH is 1. The monoisotopic (exact) mass is 376 g/mol. The van der Waals surface area contributed by atoms with Crippen molar-refractivity contribution < 1.29 is 33.5 Å². The molecule has 1 N–H and O–H groups in total. The average Bonchev–Trinajstić information content (AvgIpc) is 3.17. The summed E-state index contributed by atoms with van der Waals surface area (Å²) in [5.74, 6) is 2.66. The molecule has 1 aliphatic heterocycles. The Hall–Kier alpha value is -2.48. The number of hydrogen-bond acceptors (Lipinski definition) is 7. The molecule has 0 amide bonds. The van der Waals surface area contributed by atoms with E-state index in [-0.39, 0.29) is 20.4 Å². The van der Waals surface area contributed by atoms with Crippen LogP contribution in [0.15, 0.2) is 36.4 Å². The van der Waals surface area contributed by atoms with E-state index in [1.165, 1.54) is 0 Å². The third-order valence-corrected chi connectivity index (χ3v) is 4.18. The molecular formula is C20H24O7. The van der Waals surface area contributed by atoms with Crippen molar-refractivity contribution in [1.82, 2.24) is 0 Å². The van der Waals surface area contributed by atoms with Crippen molar-refractivity contribution in [3.05, 3.63) is 47.5 Å². The van der Waals surface area contributed by atoms with E-state index in [0.717, 1.165) is 11.1 Å². The largest absolute Gasteiger partial charge is 0.467 e. The fourth-order valence-corrected chi connectivity index (χ4v) is 2.79. The highest BCUT2D eigenvalue weighted by molar-refractivity contribution is 5.45. The number of benzene rings is 2. The minimum atomic E-state index is -0.626. The van der Waals surface area contributed by atoms with Crippen LogP contribution < -0.4 is 18.9 Å². The molecule has 1 aliphatic rings. The molecular weight excluding hydrogens is 352 g/mol. The van der Waals surface area contributed by atoms with Gasteiger partial charge in [0.15, 0.2) is 25.1 Å². The number of aliphatic hydroxyl groups is 1. The zero-order valence-corrected chi connectivity index (χ0v) is 15.5. The second-order valence-corrected chi connectivity index (χ2v) is 6.04. The van der Waals surface area contributed by atoms with Gasteiger partial charge in [0.1, 0.15) is 11.5 Å². The Morgan fingerprint density at radius 1 is 0.963 bits per heavy atom. The van der Waals surface area contributed by atoms with Crippen LogP contribution in [-0.2, 0) is 15.9 Å². The first-order valence-corrected chi connectivity index (χ1v) is 8.65. The minimum absolute atomic E-state index is 0.130. The summed E-state index contributed by atoms with van der Waals surface area (Å²) in [4.78, 5) is 0. The predicted octanol–water partition coefficient (Wildman–Crippen LogP) is 3.05. The lowest BCUT2D eigenvalue weighted by Gasteiger charge is -2.15. The number of rotatable bonds is 10. The Balaban J connectivity index is 1.66. The number of hydrogen-bond donors (Lipinski definition) is 1. The molecule has 0 bridgehead atoms. The Kier molecular flexibility index (Phi) is 6.75. The fourth-order valence-electron chi connectivity index (χ4n) is 2.79. The number of methoxy groups -OCH3 is 2. The Morgan fingerprint density at radius 3 is 2.56 bits per heavy atom. The molecule has 0 saturated heterocycles. The second kappa shape index (κ2) is 9.45. The topological polar surface area (TPSA) is 75.6 Å². The standard InChI is InChI=1S/C20H24O7/c1-22-11-24-16-6-3-14(19(10-16)25-12-23-2)4-7-17(21)15-5-8-18-20(9-15)27-13-26-18/h3,5-6,8-10,17,21H,4,7,11-13H2,1-2H3. The van der Waals surface area contributed by atoms with Crippen LogP contribution in [0.3, 0.4) is 0 Å². The summed E-state index contributed by atoms with van der Waals surface area (Å²) >= 11 is 0. The smallest absolute Gasteiger partial charge is 0.231 e. The van der Waals surface area contributed by atoms with Crippen LogP contribution in [0.4, 0.5) is 0 Å². The molecule has 27 heavy (non-hydrogen) atoms. The highest BCUT2D eigenvalue weighted by atomic mass is 16.7. The molecule has 0 aromatic heterocycles. The number of aryl methyl sites for hydroxylation is 1. The third-order valence-electron chi connectivity index (χ3n) is 4.18. The van der Waals surface area contributed by atoms with Crippen molar-refractivity contribution >= 4 is 0 Å². The van der Waals surface area contributed by atoms with Crippen LogP contribution in [0.5, 0.6) is 23.0 Å². The van der Waals surface area contributed by atoms with Crippen molar-refractivity contribution in [3.8, 4) is 23.0 Å². The molecule has 2 aromatic carbocycles. The summed E-state index contributed by atoms with van der Waals surface area (Å²) in [6, 6.07) is 11.0. The van der Waals surface area contributed by atoms with Crippen LogP contribution >= 0.6 is 0 Å². The Bertz CT molecular complexity index is 747. The van der Waals surface area contributed by atoms with Gasteiger partial charge in [0.25, 0.3) is 0 Å². The first-order valence-electron chi connectivity index (χ1n) is 8.65. The Labute approximate surface area is 158 Å². The molecule has 7 nitrogen and oxygen atoms in total. The maximum absolute atomic E-state index is 10.5.